The molecule has 3 nitrogen and oxygen atoms in total. The van der Waals surface area contributed by atoms with Crippen molar-refractivity contribution in [2.75, 3.05) is 6.61 Å². The van der Waals surface area contributed by atoms with E-state index in [1.165, 1.54) is 0 Å². The smallest absolute Gasteiger partial charge is 0.222 e. The van der Waals surface area contributed by atoms with Gasteiger partial charge in [-0.05, 0) is 12.8 Å². The average Bonchev–Trinajstić information content (AvgIpc) is 2.01. The second-order valence-corrected chi connectivity index (χ2v) is 2.43. The lowest BCUT2D eigenvalue weighted by atomic mass is 10.2. The summed E-state index contributed by atoms with van der Waals surface area (Å²) >= 11 is 0. The predicted octanol–water partition coefficient (Wildman–Crippen LogP) is 0.488. The molecule has 0 saturated carbocycles. The molecule has 0 aromatic carbocycles. The van der Waals surface area contributed by atoms with Gasteiger partial charge < -0.3 is 10.4 Å². The van der Waals surface area contributed by atoms with Crippen LogP contribution in [0.2, 0.25) is 0 Å². The van der Waals surface area contributed by atoms with Gasteiger partial charge in [-0.25, -0.2) is 0 Å². The number of carbonyl (C=O) groups excluding carboxylic acids is 1. The van der Waals surface area contributed by atoms with Crippen molar-refractivity contribution in [1.29, 1.82) is 0 Å². The summed E-state index contributed by atoms with van der Waals surface area (Å²) in [7, 11) is 0. The largest absolute Gasteiger partial charge is 0.396 e. The molecule has 0 spiro atoms. The molecule has 65 valence electrons. The van der Waals surface area contributed by atoms with Crippen molar-refractivity contribution in [1.82, 2.24) is 5.32 Å². The topological polar surface area (TPSA) is 49.3 Å². The second-order valence-electron chi connectivity index (χ2n) is 2.43. The van der Waals surface area contributed by atoms with Gasteiger partial charge in [0.2, 0.25) is 5.91 Å². The Balaban J connectivity index is 3.54. The Morgan fingerprint density at radius 1 is 1.73 bits per heavy atom. The number of amides is 1. The van der Waals surface area contributed by atoms with Crippen molar-refractivity contribution in [3.63, 3.8) is 0 Å². The zero-order valence-corrected chi connectivity index (χ0v) is 6.97. The van der Waals surface area contributed by atoms with Crippen LogP contribution in [0.15, 0.2) is 0 Å². The highest BCUT2D eigenvalue weighted by Gasteiger charge is 2.06. The first-order valence-corrected chi connectivity index (χ1v) is 3.94. The fraction of sp³-hybridized carbons (Fsp3) is 0.750. The highest BCUT2D eigenvalue weighted by Crippen LogP contribution is 1.95. The predicted molar refractivity (Wildman–Crippen MR) is 43.9 cm³/mol. The zero-order chi connectivity index (χ0) is 8.69. The third kappa shape index (κ3) is 4.79. The minimum atomic E-state index is -0.0944. The van der Waals surface area contributed by atoms with Crippen LogP contribution in [0.1, 0.15) is 26.2 Å². The van der Waals surface area contributed by atoms with Gasteiger partial charge in [-0.1, -0.05) is 13.8 Å². The van der Waals surface area contributed by atoms with Gasteiger partial charge in [-0.2, -0.15) is 0 Å². The summed E-state index contributed by atoms with van der Waals surface area (Å²) in [6.07, 6.45) is 1.78. The lowest BCUT2D eigenvalue weighted by Gasteiger charge is -2.13. The molecule has 1 atom stereocenters. The SMILES string of the molecule is [CH2]CC(CC)NC(=O)CCO. The van der Waals surface area contributed by atoms with Crippen LogP contribution in [0.5, 0.6) is 0 Å². The molecule has 3 heteroatoms. The maximum atomic E-state index is 10.9. The minimum absolute atomic E-state index is 0.0839. The standard InChI is InChI=1S/C8H16NO2/c1-3-7(4-2)9-8(11)5-6-10/h7,10H,1,3-6H2,2H3,(H,9,11). The summed E-state index contributed by atoms with van der Waals surface area (Å²) in [5.74, 6) is -0.0944. The molecule has 0 bridgehead atoms. The van der Waals surface area contributed by atoms with E-state index in [9.17, 15) is 4.79 Å². The van der Waals surface area contributed by atoms with E-state index >= 15 is 0 Å². The first kappa shape index (κ1) is 10.4. The molecule has 0 fully saturated rings. The fourth-order valence-corrected chi connectivity index (χ4v) is 0.780. The quantitative estimate of drug-likeness (QED) is 0.611. The molecular weight excluding hydrogens is 142 g/mol. The number of aliphatic hydroxyl groups excluding tert-OH is 1. The maximum Gasteiger partial charge on any atom is 0.222 e. The van der Waals surface area contributed by atoms with Gasteiger partial charge in [0.1, 0.15) is 0 Å². The summed E-state index contributed by atoms with van der Waals surface area (Å²) in [6, 6.07) is 0.161. The molecule has 0 aromatic heterocycles. The number of hydrogen-bond donors (Lipinski definition) is 2. The minimum Gasteiger partial charge on any atom is -0.396 e. The van der Waals surface area contributed by atoms with Crippen LogP contribution in [0.4, 0.5) is 0 Å². The lowest BCUT2D eigenvalue weighted by molar-refractivity contribution is -0.122. The average molecular weight is 158 g/mol. The van der Waals surface area contributed by atoms with E-state index < -0.39 is 0 Å². The van der Waals surface area contributed by atoms with E-state index in [2.05, 4.69) is 12.2 Å². The molecule has 11 heavy (non-hydrogen) atoms. The molecule has 0 heterocycles. The van der Waals surface area contributed by atoms with Gasteiger partial charge in [0.15, 0.2) is 0 Å². The van der Waals surface area contributed by atoms with Crippen LogP contribution in [-0.4, -0.2) is 23.7 Å². The van der Waals surface area contributed by atoms with Gasteiger partial charge in [-0.15, -0.1) is 0 Å². The lowest BCUT2D eigenvalue weighted by Crippen LogP contribution is -2.34. The van der Waals surface area contributed by atoms with Crippen LogP contribution in [0.3, 0.4) is 0 Å². The molecular formula is C8H16NO2. The Kier molecular flexibility index (Phi) is 5.84. The van der Waals surface area contributed by atoms with Crippen LogP contribution < -0.4 is 5.32 Å². The van der Waals surface area contributed by atoms with E-state index in [0.717, 1.165) is 6.42 Å². The first-order valence-electron chi connectivity index (χ1n) is 3.94. The first-order chi connectivity index (χ1) is 5.24. The summed E-state index contributed by atoms with van der Waals surface area (Å²) in [4.78, 5) is 10.9. The second kappa shape index (κ2) is 6.16. The fourth-order valence-electron chi connectivity index (χ4n) is 0.780. The molecule has 0 aliphatic carbocycles. The Labute approximate surface area is 67.8 Å². The number of nitrogens with one attached hydrogen (secondary N) is 1. The van der Waals surface area contributed by atoms with Crippen LogP contribution in [0, 0.1) is 6.92 Å². The summed E-state index contributed by atoms with van der Waals surface area (Å²) < 4.78 is 0. The Morgan fingerprint density at radius 3 is 2.73 bits per heavy atom. The maximum absolute atomic E-state index is 10.9. The van der Waals surface area contributed by atoms with Crippen LogP contribution in [-0.2, 0) is 4.79 Å². The van der Waals surface area contributed by atoms with Crippen LogP contribution in [0.25, 0.3) is 0 Å². The zero-order valence-electron chi connectivity index (χ0n) is 6.97. The van der Waals surface area contributed by atoms with E-state index in [0.29, 0.717) is 6.42 Å². The Morgan fingerprint density at radius 2 is 2.36 bits per heavy atom. The monoisotopic (exact) mass is 158 g/mol. The van der Waals surface area contributed by atoms with E-state index in [1.54, 1.807) is 0 Å². The van der Waals surface area contributed by atoms with Gasteiger partial charge in [0.25, 0.3) is 0 Å². The van der Waals surface area contributed by atoms with Crippen molar-refractivity contribution in [2.24, 2.45) is 0 Å². The van der Waals surface area contributed by atoms with Crippen molar-refractivity contribution in [3.8, 4) is 0 Å². The van der Waals surface area contributed by atoms with E-state index in [-0.39, 0.29) is 25.0 Å². The van der Waals surface area contributed by atoms with Gasteiger partial charge in [0, 0.05) is 12.5 Å². The van der Waals surface area contributed by atoms with Crippen molar-refractivity contribution >= 4 is 5.91 Å². The molecule has 1 amide bonds. The molecule has 1 unspecified atom stereocenters. The van der Waals surface area contributed by atoms with Crippen molar-refractivity contribution in [3.05, 3.63) is 6.92 Å². The highest BCUT2D eigenvalue weighted by molar-refractivity contribution is 5.76. The third-order valence-electron chi connectivity index (χ3n) is 1.55. The van der Waals surface area contributed by atoms with Crippen LogP contribution >= 0.6 is 0 Å². The Hall–Kier alpha value is -0.570. The molecule has 0 aliphatic rings. The third-order valence-corrected chi connectivity index (χ3v) is 1.55. The van der Waals surface area contributed by atoms with E-state index in [1.807, 2.05) is 6.92 Å². The van der Waals surface area contributed by atoms with Gasteiger partial charge >= 0.3 is 0 Å². The normalized spacial score (nSPS) is 10.2. The molecule has 0 saturated heterocycles. The van der Waals surface area contributed by atoms with Gasteiger partial charge in [0.05, 0.1) is 6.61 Å². The highest BCUT2D eigenvalue weighted by atomic mass is 16.3. The molecule has 0 rings (SSSR count). The van der Waals surface area contributed by atoms with Crippen molar-refractivity contribution < 1.29 is 9.90 Å². The van der Waals surface area contributed by atoms with Crippen molar-refractivity contribution in [2.45, 2.75) is 32.2 Å². The number of aliphatic hydroxyl groups is 1. The molecule has 2 N–H and O–H groups in total. The number of carbonyl (C=O) groups is 1. The van der Waals surface area contributed by atoms with Gasteiger partial charge in [-0.3, -0.25) is 4.79 Å². The molecule has 0 aliphatic heterocycles. The molecule has 0 aromatic rings. The number of hydrogen-bond acceptors (Lipinski definition) is 2. The van der Waals surface area contributed by atoms with E-state index in [4.69, 9.17) is 5.11 Å². The Bertz CT molecular complexity index is 111. The summed E-state index contributed by atoms with van der Waals surface area (Å²) in [6.45, 7) is 5.60. The molecule has 1 radical (unpaired) electrons. The summed E-state index contributed by atoms with van der Waals surface area (Å²) in [5, 5.41) is 11.2. The number of rotatable bonds is 5. The summed E-state index contributed by atoms with van der Waals surface area (Å²) in [5.41, 5.74) is 0.